The first kappa shape index (κ1) is 20.1. The minimum absolute atomic E-state index is 0.181. The summed E-state index contributed by atoms with van der Waals surface area (Å²) in [6.07, 6.45) is 2.78. The van der Waals surface area contributed by atoms with Gasteiger partial charge in [0.15, 0.2) is 5.78 Å². The van der Waals surface area contributed by atoms with Crippen molar-refractivity contribution in [3.05, 3.63) is 33.9 Å². The first-order valence-electron chi connectivity index (χ1n) is 9.43. The van der Waals surface area contributed by atoms with Crippen molar-refractivity contribution in [2.24, 2.45) is 0 Å². The minimum Gasteiger partial charge on any atom is -0.323 e. The highest BCUT2D eigenvalue weighted by Gasteiger charge is 2.50. The highest BCUT2D eigenvalue weighted by atomic mass is 16.2. The van der Waals surface area contributed by atoms with Crippen molar-refractivity contribution < 1.29 is 14.4 Å². The molecule has 1 aromatic carbocycles. The molecule has 0 saturated carbocycles. The number of urea groups is 1. The zero-order valence-corrected chi connectivity index (χ0v) is 16.8. The van der Waals surface area contributed by atoms with Gasteiger partial charge in [0, 0.05) is 5.56 Å². The van der Waals surface area contributed by atoms with Crippen LogP contribution in [0.3, 0.4) is 0 Å². The number of carbonyl (C=O) groups excluding carboxylic acids is 3. The molecule has 1 heterocycles. The molecule has 0 aliphatic carbocycles. The Labute approximate surface area is 156 Å². The molecular formula is C21H30N2O3. The molecule has 2 rings (SSSR count). The fraction of sp³-hybridized carbons (Fsp3) is 0.571. The Balaban J connectivity index is 2.33. The van der Waals surface area contributed by atoms with Crippen molar-refractivity contribution in [3.63, 3.8) is 0 Å². The third-order valence-corrected chi connectivity index (χ3v) is 5.55. The number of nitrogens with one attached hydrogen (secondary N) is 1. The van der Waals surface area contributed by atoms with Gasteiger partial charge in [-0.3, -0.25) is 14.5 Å². The Hall–Kier alpha value is -2.17. The van der Waals surface area contributed by atoms with Crippen molar-refractivity contribution in [1.29, 1.82) is 0 Å². The third-order valence-electron chi connectivity index (χ3n) is 5.55. The molecule has 1 saturated heterocycles. The molecule has 0 atom stereocenters. The van der Waals surface area contributed by atoms with Crippen molar-refractivity contribution in [2.45, 2.75) is 72.8 Å². The first-order chi connectivity index (χ1) is 12.2. The lowest BCUT2D eigenvalue weighted by atomic mass is 9.88. The highest BCUT2D eigenvalue weighted by molar-refractivity contribution is 6.11. The largest absolute Gasteiger partial charge is 0.325 e. The smallest absolute Gasteiger partial charge is 0.323 e. The average Bonchev–Trinajstić information content (AvgIpc) is 2.78. The molecule has 0 unspecified atom stereocenters. The summed E-state index contributed by atoms with van der Waals surface area (Å²) >= 11 is 0. The van der Waals surface area contributed by atoms with Gasteiger partial charge in [-0.25, -0.2) is 4.79 Å². The Morgan fingerprint density at radius 3 is 1.96 bits per heavy atom. The SMILES string of the molecule is CCCC1(CCC)NC(=O)N(CC(=O)c2c(C)c(C)cc(C)c2C)C1=O. The van der Waals surface area contributed by atoms with Gasteiger partial charge < -0.3 is 5.32 Å². The van der Waals surface area contributed by atoms with Gasteiger partial charge in [0.2, 0.25) is 0 Å². The van der Waals surface area contributed by atoms with Crippen LogP contribution in [-0.4, -0.2) is 34.7 Å². The van der Waals surface area contributed by atoms with E-state index in [4.69, 9.17) is 0 Å². The van der Waals surface area contributed by atoms with E-state index in [-0.39, 0.29) is 18.2 Å². The van der Waals surface area contributed by atoms with Crippen LogP contribution in [0, 0.1) is 27.7 Å². The van der Waals surface area contributed by atoms with Gasteiger partial charge in [-0.15, -0.1) is 0 Å². The van der Waals surface area contributed by atoms with Gasteiger partial charge >= 0.3 is 6.03 Å². The van der Waals surface area contributed by atoms with Crippen LogP contribution >= 0.6 is 0 Å². The molecule has 142 valence electrons. The maximum absolute atomic E-state index is 13.0. The number of benzene rings is 1. The van der Waals surface area contributed by atoms with E-state index in [1.54, 1.807) is 0 Å². The van der Waals surface area contributed by atoms with Crippen LogP contribution in [-0.2, 0) is 4.79 Å². The first-order valence-corrected chi connectivity index (χ1v) is 9.43. The Kier molecular flexibility index (Phi) is 5.89. The molecule has 0 spiro atoms. The number of imide groups is 1. The summed E-state index contributed by atoms with van der Waals surface area (Å²) in [5, 5.41) is 2.86. The van der Waals surface area contributed by atoms with Crippen LogP contribution in [0.4, 0.5) is 4.79 Å². The molecule has 1 aliphatic heterocycles. The lowest BCUT2D eigenvalue weighted by molar-refractivity contribution is -0.131. The van der Waals surface area contributed by atoms with E-state index in [0.29, 0.717) is 18.4 Å². The van der Waals surface area contributed by atoms with Gasteiger partial charge in [0.05, 0.1) is 6.54 Å². The highest BCUT2D eigenvalue weighted by Crippen LogP contribution is 2.29. The fourth-order valence-corrected chi connectivity index (χ4v) is 4.00. The number of Topliss-reactive ketones (excluding diaryl/α,β-unsaturated/α-hetero) is 1. The van der Waals surface area contributed by atoms with Crippen LogP contribution in [0.5, 0.6) is 0 Å². The molecule has 0 bridgehead atoms. The normalized spacial score (nSPS) is 16.2. The molecule has 1 N–H and O–H groups in total. The van der Waals surface area contributed by atoms with Gasteiger partial charge in [0.25, 0.3) is 5.91 Å². The summed E-state index contributed by atoms with van der Waals surface area (Å²) in [5.41, 5.74) is 3.69. The maximum Gasteiger partial charge on any atom is 0.325 e. The number of hydrogen-bond acceptors (Lipinski definition) is 3. The Morgan fingerprint density at radius 2 is 1.50 bits per heavy atom. The molecule has 1 aromatic rings. The van der Waals surface area contributed by atoms with Crippen LogP contribution in [0.2, 0.25) is 0 Å². The zero-order chi connectivity index (χ0) is 19.6. The molecule has 0 aromatic heterocycles. The van der Waals surface area contributed by atoms with Crippen molar-refractivity contribution in [2.75, 3.05) is 6.54 Å². The molecule has 1 fully saturated rings. The number of nitrogens with zero attached hydrogens (tertiary/aromatic N) is 1. The number of hydrogen-bond donors (Lipinski definition) is 1. The minimum atomic E-state index is -0.854. The number of carbonyl (C=O) groups is 3. The monoisotopic (exact) mass is 358 g/mol. The number of amides is 3. The standard InChI is InChI=1S/C21H30N2O3/c1-7-9-21(10-8-2)19(25)23(20(26)22-21)12-17(24)18-15(5)13(3)11-14(4)16(18)6/h11H,7-10,12H2,1-6H3,(H,22,26). The summed E-state index contributed by atoms with van der Waals surface area (Å²) in [4.78, 5) is 39.5. The van der Waals surface area contributed by atoms with Crippen molar-refractivity contribution in [1.82, 2.24) is 10.2 Å². The van der Waals surface area contributed by atoms with Crippen molar-refractivity contribution in [3.8, 4) is 0 Å². The predicted octanol–water partition coefficient (Wildman–Crippen LogP) is 3.99. The molecule has 3 amide bonds. The molecule has 5 nitrogen and oxygen atoms in total. The van der Waals surface area contributed by atoms with E-state index in [1.807, 2.05) is 41.5 Å². The second-order valence-electron chi connectivity index (χ2n) is 7.46. The van der Waals surface area contributed by atoms with Gasteiger partial charge in [-0.05, 0) is 62.8 Å². The predicted molar refractivity (Wildman–Crippen MR) is 103 cm³/mol. The van der Waals surface area contributed by atoms with Crippen LogP contribution in [0.15, 0.2) is 6.07 Å². The Bertz CT molecular complexity index is 720. The van der Waals surface area contributed by atoms with E-state index in [1.165, 1.54) is 0 Å². The summed E-state index contributed by atoms with van der Waals surface area (Å²) in [5.74, 6) is -0.446. The molecule has 0 radical (unpaired) electrons. The summed E-state index contributed by atoms with van der Waals surface area (Å²) in [7, 11) is 0. The second-order valence-corrected chi connectivity index (χ2v) is 7.46. The van der Waals surface area contributed by atoms with Crippen LogP contribution < -0.4 is 5.32 Å². The van der Waals surface area contributed by atoms with E-state index in [9.17, 15) is 14.4 Å². The molecule has 1 aliphatic rings. The zero-order valence-electron chi connectivity index (χ0n) is 16.8. The average molecular weight is 358 g/mol. The number of aryl methyl sites for hydroxylation is 2. The fourth-order valence-electron chi connectivity index (χ4n) is 4.00. The molecule has 26 heavy (non-hydrogen) atoms. The van der Waals surface area contributed by atoms with Gasteiger partial charge in [-0.1, -0.05) is 32.8 Å². The van der Waals surface area contributed by atoms with E-state index < -0.39 is 11.6 Å². The number of rotatable bonds is 7. The lowest BCUT2D eigenvalue weighted by Gasteiger charge is -2.25. The van der Waals surface area contributed by atoms with Gasteiger partial charge in [-0.2, -0.15) is 0 Å². The summed E-state index contributed by atoms with van der Waals surface area (Å²) in [6.45, 7) is 11.6. The summed E-state index contributed by atoms with van der Waals surface area (Å²) in [6, 6.07) is 1.60. The molecular weight excluding hydrogens is 328 g/mol. The van der Waals surface area contributed by atoms with E-state index in [0.717, 1.165) is 40.0 Å². The van der Waals surface area contributed by atoms with Gasteiger partial charge in [0.1, 0.15) is 5.54 Å². The quantitative estimate of drug-likeness (QED) is 0.592. The Morgan fingerprint density at radius 1 is 1.00 bits per heavy atom. The van der Waals surface area contributed by atoms with Crippen molar-refractivity contribution >= 4 is 17.7 Å². The van der Waals surface area contributed by atoms with Crippen LogP contribution in [0.1, 0.15) is 72.1 Å². The third kappa shape index (κ3) is 3.39. The van der Waals surface area contributed by atoms with E-state index >= 15 is 0 Å². The van der Waals surface area contributed by atoms with E-state index in [2.05, 4.69) is 11.4 Å². The maximum atomic E-state index is 13.0. The molecule has 5 heteroatoms. The summed E-state index contributed by atoms with van der Waals surface area (Å²) < 4.78 is 0. The second kappa shape index (κ2) is 7.60. The lowest BCUT2D eigenvalue weighted by Crippen LogP contribution is -2.47. The number of ketones is 1. The topological polar surface area (TPSA) is 66.5 Å². The van der Waals surface area contributed by atoms with Crippen LogP contribution in [0.25, 0.3) is 0 Å².